The Morgan fingerprint density at radius 3 is 2.65 bits per heavy atom. The van der Waals surface area contributed by atoms with Gasteiger partial charge in [-0.2, -0.15) is 0 Å². The van der Waals surface area contributed by atoms with Crippen molar-refractivity contribution in [3.8, 4) is 0 Å². The van der Waals surface area contributed by atoms with Crippen LogP contribution in [0.2, 0.25) is 0 Å². The van der Waals surface area contributed by atoms with Crippen LogP contribution in [0.4, 0.5) is 10.5 Å². The topological polar surface area (TPSA) is 53.0 Å². The Balaban J connectivity index is 2.02. The van der Waals surface area contributed by atoms with Crippen LogP contribution in [0.5, 0.6) is 0 Å². The van der Waals surface area contributed by atoms with Gasteiger partial charge in [0.25, 0.3) is 0 Å². The van der Waals surface area contributed by atoms with Gasteiger partial charge in [0, 0.05) is 41.9 Å². The van der Waals surface area contributed by atoms with E-state index in [1.807, 2.05) is 25.1 Å². The summed E-state index contributed by atoms with van der Waals surface area (Å²) in [6.45, 7) is 4.98. The first-order valence-corrected chi connectivity index (χ1v) is 7.51. The lowest BCUT2D eigenvalue weighted by Gasteiger charge is -2.36. The van der Waals surface area contributed by atoms with Crippen molar-refractivity contribution < 1.29 is 14.6 Å². The first-order valence-electron chi connectivity index (χ1n) is 6.71. The fourth-order valence-electron chi connectivity index (χ4n) is 2.33. The Bertz CT molecular complexity index is 473. The second-order valence-corrected chi connectivity index (χ2v) is 5.52. The van der Waals surface area contributed by atoms with Crippen molar-refractivity contribution in [3.05, 3.63) is 28.2 Å². The number of carbonyl (C=O) groups is 1. The largest absolute Gasteiger partial charge is 0.450 e. The van der Waals surface area contributed by atoms with Crippen molar-refractivity contribution >= 4 is 27.7 Å². The minimum atomic E-state index is -0.245. The zero-order valence-electron chi connectivity index (χ0n) is 11.5. The summed E-state index contributed by atoms with van der Waals surface area (Å²) in [5.41, 5.74) is 1.92. The van der Waals surface area contributed by atoms with Crippen molar-refractivity contribution in [2.24, 2.45) is 0 Å². The predicted octanol–water partition coefficient (Wildman–Crippen LogP) is 2.22. The Kier molecular flexibility index (Phi) is 5.25. The van der Waals surface area contributed by atoms with Crippen LogP contribution in [-0.4, -0.2) is 48.9 Å². The molecule has 1 N–H and O–H groups in total. The van der Waals surface area contributed by atoms with E-state index in [2.05, 4.69) is 20.8 Å². The van der Waals surface area contributed by atoms with Crippen molar-refractivity contribution in [3.63, 3.8) is 0 Å². The molecule has 0 saturated carbocycles. The lowest BCUT2D eigenvalue weighted by Crippen LogP contribution is -2.49. The molecule has 0 aliphatic carbocycles. The van der Waals surface area contributed by atoms with Crippen LogP contribution in [-0.2, 0) is 11.3 Å². The molecule has 1 aliphatic heterocycles. The van der Waals surface area contributed by atoms with Gasteiger partial charge in [-0.1, -0.05) is 15.9 Å². The summed E-state index contributed by atoms with van der Waals surface area (Å²) in [5.74, 6) is 0. The van der Waals surface area contributed by atoms with E-state index < -0.39 is 0 Å². The maximum absolute atomic E-state index is 11.6. The van der Waals surface area contributed by atoms with Crippen molar-refractivity contribution in [1.29, 1.82) is 0 Å². The summed E-state index contributed by atoms with van der Waals surface area (Å²) in [6, 6.07) is 5.88. The number of halogens is 1. The monoisotopic (exact) mass is 342 g/mol. The number of hydrogen-bond donors (Lipinski definition) is 1. The van der Waals surface area contributed by atoms with Gasteiger partial charge in [0.1, 0.15) is 0 Å². The fraction of sp³-hybridized carbons (Fsp3) is 0.500. The summed E-state index contributed by atoms with van der Waals surface area (Å²) < 4.78 is 5.96. The third kappa shape index (κ3) is 3.43. The number of rotatable bonds is 3. The highest BCUT2D eigenvalue weighted by Gasteiger charge is 2.23. The van der Waals surface area contributed by atoms with E-state index >= 15 is 0 Å². The first-order chi connectivity index (χ1) is 9.65. The highest BCUT2D eigenvalue weighted by Crippen LogP contribution is 2.25. The molecule has 1 fully saturated rings. The molecule has 1 saturated heterocycles. The molecule has 6 heteroatoms. The van der Waals surface area contributed by atoms with Gasteiger partial charge < -0.3 is 19.6 Å². The number of amides is 1. The lowest BCUT2D eigenvalue weighted by molar-refractivity contribution is 0.105. The zero-order chi connectivity index (χ0) is 14.5. The number of ether oxygens (including phenoxy) is 1. The van der Waals surface area contributed by atoms with Crippen LogP contribution in [0.3, 0.4) is 0 Å². The second kappa shape index (κ2) is 6.95. The number of aliphatic hydroxyl groups is 1. The van der Waals surface area contributed by atoms with E-state index in [1.54, 1.807) is 4.90 Å². The number of carbonyl (C=O) groups excluding carboxylic acids is 1. The van der Waals surface area contributed by atoms with Crippen LogP contribution in [0.25, 0.3) is 0 Å². The van der Waals surface area contributed by atoms with Crippen LogP contribution < -0.4 is 4.90 Å². The van der Waals surface area contributed by atoms with Gasteiger partial charge in [-0.05, 0) is 25.1 Å². The van der Waals surface area contributed by atoms with Crippen molar-refractivity contribution in [2.75, 3.05) is 37.7 Å². The van der Waals surface area contributed by atoms with Gasteiger partial charge in [0.05, 0.1) is 13.2 Å². The van der Waals surface area contributed by atoms with Gasteiger partial charge in [-0.15, -0.1) is 0 Å². The van der Waals surface area contributed by atoms with Crippen LogP contribution in [0.1, 0.15) is 12.5 Å². The molecule has 0 spiro atoms. The van der Waals surface area contributed by atoms with E-state index in [4.69, 9.17) is 4.74 Å². The Hall–Kier alpha value is -1.27. The predicted molar refractivity (Wildman–Crippen MR) is 80.9 cm³/mol. The van der Waals surface area contributed by atoms with Gasteiger partial charge in [-0.3, -0.25) is 0 Å². The summed E-state index contributed by atoms with van der Waals surface area (Å²) in [6.07, 6.45) is -0.245. The molecule has 0 radical (unpaired) electrons. The average molecular weight is 343 g/mol. The molecule has 5 nitrogen and oxygen atoms in total. The number of piperazine rings is 1. The van der Waals surface area contributed by atoms with E-state index in [0.29, 0.717) is 19.7 Å². The second-order valence-electron chi connectivity index (χ2n) is 4.60. The highest BCUT2D eigenvalue weighted by molar-refractivity contribution is 9.10. The van der Waals surface area contributed by atoms with E-state index in [9.17, 15) is 9.90 Å². The van der Waals surface area contributed by atoms with Gasteiger partial charge in [0.2, 0.25) is 0 Å². The highest BCUT2D eigenvalue weighted by atomic mass is 79.9. The summed E-state index contributed by atoms with van der Waals surface area (Å²) >= 11 is 3.41. The smallest absolute Gasteiger partial charge is 0.409 e. The molecule has 0 unspecified atom stereocenters. The molecular weight excluding hydrogens is 324 g/mol. The first kappa shape index (κ1) is 15.1. The molecule has 1 heterocycles. The molecule has 110 valence electrons. The molecule has 0 bridgehead atoms. The Labute approximate surface area is 127 Å². The fourth-order valence-corrected chi connectivity index (χ4v) is 2.74. The molecule has 1 aromatic carbocycles. The zero-order valence-corrected chi connectivity index (χ0v) is 13.1. The molecule has 1 aromatic rings. The van der Waals surface area contributed by atoms with E-state index in [0.717, 1.165) is 28.8 Å². The standard InChI is InChI=1S/C14H19BrN2O3/c1-2-20-14(19)17-7-5-16(6-8-17)13-4-3-12(15)9-11(13)10-18/h3-4,9,18H,2,5-8,10H2,1H3. The summed E-state index contributed by atoms with van der Waals surface area (Å²) in [4.78, 5) is 15.6. The molecule has 0 atom stereocenters. The normalized spacial score (nSPS) is 15.3. The van der Waals surface area contributed by atoms with Gasteiger partial charge in [0.15, 0.2) is 0 Å². The third-order valence-electron chi connectivity index (χ3n) is 3.36. The molecule has 20 heavy (non-hydrogen) atoms. The summed E-state index contributed by atoms with van der Waals surface area (Å²) in [7, 11) is 0. The average Bonchev–Trinajstić information content (AvgIpc) is 2.47. The summed E-state index contributed by atoms with van der Waals surface area (Å²) in [5, 5.41) is 9.45. The molecule has 1 amide bonds. The van der Waals surface area contributed by atoms with Crippen LogP contribution in [0.15, 0.2) is 22.7 Å². The Morgan fingerprint density at radius 1 is 1.35 bits per heavy atom. The maximum atomic E-state index is 11.6. The quantitative estimate of drug-likeness (QED) is 0.914. The van der Waals surface area contributed by atoms with Crippen molar-refractivity contribution in [1.82, 2.24) is 4.90 Å². The number of nitrogens with zero attached hydrogens (tertiary/aromatic N) is 2. The van der Waals surface area contributed by atoms with Crippen molar-refractivity contribution in [2.45, 2.75) is 13.5 Å². The SMILES string of the molecule is CCOC(=O)N1CCN(c2ccc(Br)cc2CO)CC1. The van der Waals surface area contributed by atoms with Crippen LogP contribution in [0, 0.1) is 0 Å². The molecule has 2 rings (SSSR count). The minimum Gasteiger partial charge on any atom is -0.450 e. The minimum absolute atomic E-state index is 0.00681. The third-order valence-corrected chi connectivity index (χ3v) is 3.85. The number of hydrogen-bond acceptors (Lipinski definition) is 4. The van der Waals surface area contributed by atoms with Gasteiger partial charge in [-0.25, -0.2) is 4.79 Å². The number of aliphatic hydroxyl groups excluding tert-OH is 1. The van der Waals surface area contributed by atoms with E-state index in [1.165, 1.54) is 0 Å². The molecule has 1 aliphatic rings. The molecular formula is C14H19BrN2O3. The maximum Gasteiger partial charge on any atom is 0.409 e. The van der Waals surface area contributed by atoms with Gasteiger partial charge >= 0.3 is 6.09 Å². The lowest BCUT2D eigenvalue weighted by atomic mass is 10.1. The molecule has 0 aromatic heterocycles. The number of benzene rings is 1. The van der Waals surface area contributed by atoms with Crippen LogP contribution >= 0.6 is 15.9 Å². The Morgan fingerprint density at radius 2 is 2.05 bits per heavy atom. The van der Waals surface area contributed by atoms with E-state index in [-0.39, 0.29) is 12.7 Å². The number of anilines is 1.